The molecular formula is C7H9N3O3. The van der Waals surface area contributed by atoms with E-state index in [1.54, 1.807) is 0 Å². The van der Waals surface area contributed by atoms with Gasteiger partial charge in [-0.1, -0.05) is 0 Å². The number of phenolic OH excluding ortho intramolecular Hbond substituents is 1. The number of hydrogen-bond donors (Lipinski definition) is 3. The Hall–Kier alpha value is -1.98. The number of phenols is 1. The molecule has 0 amide bonds. The quantitative estimate of drug-likeness (QED) is 0.257. The third-order valence-corrected chi connectivity index (χ3v) is 1.71. The zero-order valence-corrected chi connectivity index (χ0v) is 6.94. The van der Waals surface area contributed by atoms with Crippen molar-refractivity contribution >= 4 is 17.1 Å². The summed E-state index contributed by atoms with van der Waals surface area (Å²) in [6.07, 6.45) is 0. The molecule has 13 heavy (non-hydrogen) atoms. The Morgan fingerprint density at radius 2 is 2.08 bits per heavy atom. The monoisotopic (exact) mass is 183 g/mol. The first-order chi connectivity index (χ1) is 5.95. The molecular weight excluding hydrogens is 174 g/mol. The highest BCUT2D eigenvalue weighted by atomic mass is 16.6. The zero-order chi connectivity index (χ0) is 10.2. The van der Waals surface area contributed by atoms with Crippen molar-refractivity contribution in [3.05, 3.63) is 21.7 Å². The summed E-state index contributed by atoms with van der Waals surface area (Å²) in [5, 5.41) is 19.7. The molecule has 6 heteroatoms. The van der Waals surface area contributed by atoms with Crippen molar-refractivity contribution in [2.45, 2.75) is 6.92 Å². The van der Waals surface area contributed by atoms with Crippen LogP contribution in [-0.4, -0.2) is 10.0 Å². The molecule has 0 aromatic heterocycles. The van der Waals surface area contributed by atoms with Crippen LogP contribution in [0.15, 0.2) is 6.07 Å². The minimum Gasteiger partial charge on any atom is -0.504 e. The molecule has 0 aliphatic carbocycles. The Morgan fingerprint density at radius 1 is 1.54 bits per heavy atom. The molecule has 0 aliphatic heterocycles. The number of hydrogen-bond acceptors (Lipinski definition) is 5. The smallest absolute Gasteiger partial charge is 0.298 e. The average Bonchev–Trinajstić information content (AvgIpc) is 1.99. The number of nitro benzene ring substituents is 1. The van der Waals surface area contributed by atoms with Gasteiger partial charge in [-0.25, -0.2) is 0 Å². The maximum Gasteiger partial charge on any atom is 0.298 e. The second-order valence-electron chi connectivity index (χ2n) is 2.65. The summed E-state index contributed by atoms with van der Waals surface area (Å²) in [4.78, 5) is 9.83. The lowest BCUT2D eigenvalue weighted by atomic mass is 10.1. The molecule has 0 saturated heterocycles. The van der Waals surface area contributed by atoms with Gasteiger partial charge in [0.15, 0.2) is 11.4 Å². The first kappa shape index (κ1) is 9.11. The standard InChI is InChI=1S/C7H9N3O3/c1-3-2-4(8)7(11)5(9)6(3)10(12)13/h2,11H,8-9H2,1H3. The van der Waals surface area contributed by atoms with Gasteiger partial charge in [0.25, 0.3) is 5.69 Å². The van der Waals surface area contributed by atoms with E-state index in [9.17, 15) is 15.2 Å². The molecule has 0 radical (unpaired) electrons. The third kappa shape index (κ3) is 1.33. The van der Waals surface area contributed by atoms with E-state index in [1.807, 2.05) is 0 Å². The highest BCUT2D eigenvalue weighted by Crippen LogP contribution is 2.38. The molecule has 0 aliphatic rings. The van der Waals surface area contributed by atoms with Crippen molar-refractivity contribution in [1.29, 1.82) is 0 Å². The highest BCUT2D eigenvalue weighted by Gasteiger charge is 2.20. The van der Waals surface area contributed by atoms with E-state index in [1.165, 1.54) is 13.0 Å². The summed E-state index contributed by atoms with van der Waals surface area (Å²) in [7, 11) is 0. The van der Waals surface area contributed by atoms with Gasteiger partial charge in [0, 0.05) is 5.56 Å². The maximum atomic E-state index is 10.5. The third-order valence-electron chi connectivity index (χ3n) is 1.71. The number of nitrogen functional groups attached to an aromatic ring is 2. The molecule has 0 spiro atoms. The minimum absolute atomic E-state index is 0.0422. The normalized spacial score (nSPS) is 9.92. The molecule has 70 valence electrons. The van der Waals surface area contributed by atoms with Gasteiger partial charge < -0.3 is 16.6 Å². The lowest BCUT2D eigenvalue weighted by molar-refractivity contribution is -0.384. The second-order valence-corrected chi connectivity index (χ2v) is 2.65. The van der Waals surface area contributed by atoms with Crippen LogP contribution < -0.4 is 11.5 Å². The summed E-state index contributed by atoms with van der Waals surface area (Å²) in [5.74, 6) is -0.433. The lowest BCUT2D eigenvalue weighted by Crippen LogP contribution is -2.01. The number of aryl methyl sites for hydroxylation is 1. The number of anilines is 2. The van der Waals surface area contributed by atoms with Crippen LogP contribution in [0.3, 0.4) is 0 Å². The summed E-state index contributed by atoms with van der Waals surface area (Å²) >= 11 is 0. The molecule has 6 nitrogen and oxygen atoms in total. The molecule has 0 fully saturated rings. The Morgan fingerprint density at radius 3 is 2.54 bits per heavy atom. The molecule has 1 rings (SSSR count). The van der Waals surface area contributed by atoms with Crippen molar-refractivity contribution in [3.8, 4) is 5.75 Å². The number of aromatic hydroxyl groups is 1. The minimum atomic E-state index is -0.649. The van der Waals surface area contributed by atoms with E-state index < -0.39 is 10.7 Å². The fourth-order valence-corrected chi connectivity index (χ4v) is 1.09. The number of rotatable bonds is 1. The van der Waals surface area contributed by atoms with E-state index in [-0.39, 0.29) is 17.1 Å². The van der Waals surface area contributed by atoms with Crippen LogP contribution in [0.4, 0.5) is 17.1 Å². The Balaban J connectivity index is 3.53. The van der Waals surface area contributed by atoms with Gasteiger partial charge in [0.1, 0.15) is 0 Å². The van der Waals surface area contributed by atoms with Crippen LogP contribution in [0.1, 0.15) is 5.56 Å². The topological polar surface area (TPSA) is 115 Å². The van der Waals surface area contributed by atoms with E-state index in [0.717, 1.165) is 0 Å². The first-order valence-electron chi connectivity index (χ1n) is 3.47. The van der Waals surface area contributed by atoms with Gasteiger partial charge >= 0.3 is 0 Å². The second kappa shape index (κ2) is 2.81. The Kier molecular flexibility index (Phi) is 1.97. The van der Waals surface area contributed by atoms with Crippen LogP contribution in [0.5, 0.6) is 5.75 Å². The van der Waals surface area contributed by atoms with Crippen molar-refractivity contribution in [2.24, 2.45) is 0 Å². The molecule has 0 bridgehead atoms. The predicted octanol–water partition coefficient (Wildman–Crippen LogP) is 0.773. The van der Waals surface area contributed by atoms with Crippen molar-refractivity contribution in [1.82, 2.24) is 0 Å². The van der Waals surface area contributed by atoms with Crippen molar-refractivity contribution in [2.75, 3.05) is 11.5 Å². The van der Waals surface area contributed by atoms with Gasteiger partial charge in [0.05, 0.1) is 10.6 Å². The first-order valence-corrected chi connectivity index (χ1v) is 3.47. The van der Waals surface area contributed by atoms with Crippen LogP contribution >= 0.6 is 0 Å². The van der Waals surface area contributed by atoms with Crippen molar-refractivity contribution in [3.63, 3.8) is 0 Å². The summed E-state index contributed by atoms with van der Waals surface area (Å²) in [6.45, 7) is 1.50. The SMILES string of the molecule is Cc1cc(N)c(O)c(N)c1[N+](=O)[O-]. The largest absolute Gasteiger partial charge is 0.504 e. The Bertz CT molecular complexity index is 376. The van der Waals surface area contributed by atoms with Crippen LogP contribution in [0, 0.1) is 17.0 Å². The highest BCUT2D eigenvalue weighted by molar-refractivity contribution is 5.78. The fourth-order valence-electron chi connectivity index (χ4n) is 1.09. The zero-order valence-electron chi connectivity index (χ0n) is 6.94. The number of nitro groups is 1. The molecule has 0 heterocycles. The van der Waals surface area contributed by atoms with E-state index >= 15 is 0 Å². The van der Waals surface area contributed by atoms with Crippen molar-refractivity contribution < 1.29 is 10.0 Å². The van der Waals surface area contributed by atoms with Gasteiger partial charge in [0.2, 0.25) is 0 Å². The molecule has 0 saturated carbocycles. The average molecular weight is 183 g/mol. The van der Waals surface area contributed by atoms with Gasteiger partial charge in [-0.3, -0.25) is 10.1 Å². The lowest BCUT2D eigenvalue weighted by Gasteiger charge is -2.05. The molecule has 1 aromatic carbocycles. The number of benzene rings is 1. The van der Waals surface area contributed by atoms with Crippen LogP contribution in [0.25, 0.3) is 0 Å². The fraction of sp³-hybridized carbons (Fsp3) is 0.143. The number of nitrogens with two attached hydrogens (primary N) is 2. The van der Waals surface area contributed by atoms with Gasteiger partial charge in [-0.2, -0.15) is 0 Å². The van der Waals surface area contributed by atoms with Gasteiger partial charge in [-0.05, 0) is 13.0 Å². The summed E-state index contributed by atoms with van der Waals surface area (Å²) in [6, 6.07) is 1.31. The van der Waals surface area contributed by atoms with E-state index in [4.69, 9.17) is 11.5 Å². The maximum absolute atomic E-state index is 10.5. The number of nitrogens with zero attached hydrogens (tertiary/aromatic N) is 1. The predicted molar refractivity (Wildman–Crippen MR) is 48.3 cm³/mol. The Labute approximate surface area is 73.9 Å². The van der Waals surface area contributed by atoms with Crippen LogP contribution in [0.2, 0.25) is 0 Å². The van der Waals surface area contributed by atoms with Crippen LogP contribution in [-0.2, 0) is 0 Å². The molecule has 0 unspecified atom stereocenters. The molecule has 0 atom stereocenters. The van der Waals surface area contributed by atoms with E-state index in [2.05, 4.69) is 0 Å². The van der Waals surface area contributed by atoms with E-state index in [0.29, 0.717) is 5.56 Å². The molecule has 5 N–H and O–H groups in total. The van der Waals surface area contributed by atoms with Gasteiger partial charge in [-0.15, -0.1) is 0 Å². The summed E-state index contributed by atoms with van der Waals surface area (Å²) in [5.41, 5.74) is 10.4. The molecule has 1 aromatic rings. The summed E-state index contributed by atoms with van der Waals surface area (Å²) < 4.78 is 0.